The molecule has 0 aromatic carbocycles. The highest BCUT2D eigenvalue weighted by Crippen LogP contribution is 2.46. The second-order valence-electron chi connectivity index (χ2n) is 5.68. The van der Waals surface area contributed by atoms with Crippen LogP contribution in [-0.4, -0.2) is 67.6 Å². The van der Waals surface area contributed by atoms with Crippen LogP contribution in [0.25, 0.3) is 0 Å². The molecule has 20 heavy (non-hydrogen) atoms. The highest BCUT2D eigenvalue weighted by molar-refractivity contribution is 5.73. The zero-order chi connectivity index (χ0) is 14.8. The summed E-state index contributed by atoms with van der Waals surface area (Å²) in [4.78, 5) is 11.5. The van der Waals surface area contributed by atoms with E-state index in [0.717, 1.165) is 32.3 Å². The molecular weight excluding hydrogens is 277 g/mol. The maximum absolute atomic E-state index is 10.6. The molecule has 3 heterocycles. The lowest BCUT2D eigenvalue weighted by molar-refractivity contribution is -0.192. The van der Waals surface area contributed by atoms with Crippen LogP contribution in [0.5, 0.6) is 0 Å². The number of carboxylic acids is 1. The van der Waals surface area contributed by atoms with Crippen LogP contribution in [0.1, 0.15) is 12.8 Å². The predicted octanol–water partition coefficient (Wildman–Crippen LogP) is 0.704. The van der Waals surface area contributed by atoms with Crippen molar-refractivity contribution in [2.75, 3.05) is 39.4 Å². The minimum Gasteiger partial charge on any atom is -0.475 e. The van der Waals surface area contributed by atoms with Crippen molar-refractivity contribution in [1.82, 2.24) is 10.2 Å². The highest BCUT2D eigenvalue weighted by atomic mass is 19.4. The van der Waals surface area contributed by atoms with Crippen molar-refractivity contribution in [2.24, 2.45) is 5.41 Å². The van der Waals surface area contributed by atoms with E-state index in [1.807, 2.05) is 0 Å². The van der Waals surface area contributed by atoms with Gasteiger partial charge in [-0.05, 0) is 18.3 Å². The van der Waals surface area contributed by atoms with Crippen LogP contribution in [0.4, 0.5) is 13.2 Å². The van der Waals surface area contributed by atoms with Gasteiger partial charge in [0.1, 0.15) is 0 Å². The van der Waals surface area contributed by atoms with Crippen LogP contribution in [-0.2, 0) is 9.53 Å². The van der Waals surface area contributed by atoms with Gasteiger partial charge in [0.25, 0.3) is 0 Å². The molecule has 2 N–H and O–H groups in total. The van der Waals surface area contributed by atoms with Gasteiger partial charge >= 0.3 is 12.1 Å². The first-order chi connectivity index (χ1) is 9.31. The van der Waals surface area contributed by atoms with Gasteiger partial charge in [-0.1, -0.05) is 0 Å². The van der Waals surface area contributed by atoms with E-state index in [2.05, 4.69) is 10.2 Å². The van der Waals surface area contributed by atoms with Crippen molar-refractivity contribution in [3.05, 3.63) is 0 Å². The van der Waals surface area contributed by atoms with Gasteiger partial charge in [0.15, 0.2) is 0 Å². The molecule has 5 nitrogen and oxygen atoms in total. The van der Waals surface area contributed by atoms with E-state index < -0.39 is 12.1 Å². The molecule has 0 atom stereocenters. The molecule has 4 rings (SSSR count). The Morgan fingerprint density at radius 3 is 2.30 bits per heavy atom. The van der Waals surface area contributed by atoms with E-state index in [0.29, 0.717) is 5.41 Å². The lowest BCUT2D eigenvalue weighted by Crippen LogP contribution is -2.47. The summed E-state index contributed by atoms with van der Waals surface area (Å²) in [6.07, 6.45) is -2.24. The molecule has 3 saturated heterocycles. The summed E-state index contributed by atoms with van der Waals surface area (Å²) < 4.78 is 37.1. The molecule has 116 valence electrons. The first kappa shape index (κ1) is 15.5. The topological polar surface area (TPSA) is 61.8 Å². The Morgan fingerprint density at radius 2 is 1.90 bits per heavy atom. The van der Waals surface area contributed by atoms with Crippen molar-refractivity contribution in [3.63, 3.8) is 0 Å². The smallest absolute Gasteiger partial charge is 0.475 e. The number of ether oxygens (including phenoxy) is 1. The first-order valence-corrected chi connectivity index (χ1v) is 6.64. The normalized spacial score (nSPS) is 33.0. The van der Waals surface area contributed by atoms with Crippen molar-refractivity contribution in [3.8, 4) is 0 Å². The van der Waals surface area contributed by atoms with Gasteiger partial charge in [0.2, 0.25) is 0 Å². The van der Waals surface area contributed by atoms with E-state index in [4.69, 9.17) is 14.6 Å². The second-order valence-corrected chi connectivity index (χ2v) is 5.68. The van der Waals surface area contributed by atoms with Gasteiger partial charge in [-0.3, -0.25) is 4.90 Å². The molecule has 0 radical (unpaired) electrons. The Balaban J connectivity index is 0.000000182. The number of rotatable bonds is 2. The summed E-state index contributed by atoms with van der Waals surface area (Å²) in [5.41, 5.74) is 0.655. The fourth-order valence-corrected chi connectivity index (χ4v) is 3.05. The van der Waals surface area contributed by atoms with Gasteiger partial charge in [-0.15, -0.1) is 0 Å². The third-order valence-electron chi connectivity index (χ3n) is 4.03. The van der Waals surface area contributed by atoms with Crippen LogP contribution in [0.2, 0.25) is 0 Å². The Bertz CT molecular complexity index is 345. The number of morpholine rings is 1. The number of carbonyl (C=O) groups is 1. The van der Waals surface area contributed by atoms with Gasteiger partial charge in [0, 0.05) is 32.2 Å². The van der Waals surface area contributed by atoms with Crippen molar-refractivity contribution in [1.29, 1.82) is 0 Å². The average Bonchev–Trinajstić information content (AvgIpc) is 2.89. The molecule has 0 aromatic heterocycles. The number of hydrogen-bond acceptors (Lipinski definition) is 4. The molecule has 4 aliphatic rings. The van der Waals surface area contributed by atoms with E-state index in [-0.39, 0.29) is 0 Å². The average molecular weight is 296 g/mol. The standard InChI is InChI=1S/C10H18N2O.C2HF3O2/c1-3-13-4-2-12(1)8-10-5-9(6-10)11-7-10;3-2(4,5)1(6)7/h9,11H,1-8H2;(H,6,7). The fourth-order valence-electron chi connectivity index (χ4n) is 3.05. The monoisotopic (exact) mass is 296 g/mol. The number of nitrogens with zero attached hydrogens (tertiary/aromatic N) is 1. The highest BCUT2D eigenvalue weighted by Gasteiger charge is 2.50. The Labute approximate surface area is 115 Å². The number of hydrogen-bond donors (Lipinski definition) is 2. The molecule has 0 spiro atoms. The molecule has 2 bridgehead atoms. The zero-order valence-corrected chi connectivity index (χ0v) is 11.1. The SMILES string of the molecule is C1CN(CC23CNC(C2)C3)CCO1.O=C(O)C(F)(F)F. The summed E-state index contributed by atoms with van der Waals surface area (Å²) in [6.45, 7) is 6.73. The minimum absolute atomic E-state index is 0.655. The maximum atomic E-state index is 10.6. The molecular formula is C12H19F3N2O3. The Morgan fingerprint density at radius 1 is 1.35 bits per heavy atom. The number of nitrogens with one attached hydrogen (secondary N) is 1. The summed E-state index contributed by atoms with van der Waals surface area (Å²) >= 11 is 0. The number of carboxylic acid groups (broad SMARTS) is 1. The second kappa shape index (κ2) is 5.87. The Hall–Kier alpha value is -0.860. The number of aliphatic carboxylic acids is 1. The van der Waals surface area contributed by atoms with Gasteiger partial charge in [-0.2, -0.15) is 13.2 Å². The lowest BCUT2D eigenvalue weighted by atomic mass is 9.70. The molecule has 0 unspecified atom stereocenters. The zero-order valence-electron chi connectivity index (χ0n) is 11.1. The molecule has 8 heteroatoms. The van der Waals surface area contributed by atoms with E-state index in [9.17, 15) is 13.2 Å². The van der Waals surface area contributed by atoms with E-state index in [1.54, 1.807) is 0 Å². The molecule has 0 aromatic rings. The van der Waals surface area contributed by atoms with Crippen LogP contribution in [0.15, 0.2) is 0 Å². The maximum Gasteiger partial charge on any atom is 0.490 e. The molecule has 0 amide bonds. The largest absolute Gasteiger partial charge is 0.490 e. The van der Waals surface area contributed by atoms with E-state index in [1.165, 1.54) is 25.9 Å². The molecule has 3 aliphatic heterocycles. The number of fused-ring (bicyclic) bond motifs is 1. The van der Waals surface area contributed by atoms with Crippen molar-refractivity contribution in [2.45, 2.75) is 25.1 Å². The molecule has 1 aliphatic carbocycles. The summed E-state index contributed by atoms with van der Waals surface area (Å²) in [7, 11) is 0. The number of halogens is 3. The van der Waals surface area contributed by atoms with Gasteiger partial charge < -0.3 is 15.2 Å². The van der Waals surface area contributed by atoms with Crippen molar-refractivity contribution >= 4 is 5.97 Å². The number of alkyl halides is 3. The predicted molar refractivity (Wildman–Crippen MR) is 64.4 cm³/mol. The van der Waals surface area contributed by atoms with Crippen LogP contribution >= 0.6 is 0 Å². The Kier molecular flexibility index (Phi) is 4.55. The van der Waals surface area contributed by atoms with Crippen LogP contribution in [0, 0.1) is 5.41 Å². The summed E-state index contributed by atoms with van der Waals surface area (Å²) in [5, 5.41) is 10.7. The summed E-state index contributed by atoms with van der Waals surface area (Å²) in [5.74, 6) is -2.76. The van der Waals surface area contributed by atoms with Gasteiger partial charge in [-0.25, -0.2) is 4.79 Å². The van der Waals surface area contributed by atoms with Crippen molar-refractivity contribution < 1.29 is 27.8 Å². The quantitative estimate of drug-likeness (QED) is 0.785. The third-order valence-corrected chi connectivity index (χ3v) is 4.03. The summed E-state index contributed by atoms with van der Waals surface area (Å²) in [6, 6.07) is 0.862. The lowest BCUT2D eigenvalue weighted by Gasteiger charge is -2.42. The molecule has 4 fully saturated rings. The van der Waals surface area contributed by atoms with Crippen LogP contribution < -0.4 is 5.32 Å². The van der Waals surface area contributed by atoms with Crippen LogP contribution in [0.3, 0.4) is 0 Å². The minimum atomic E-state index is -5.08. The molecule has 1 saturated carbocycles. The van der Waals surface area contributed by atoms with Gasteiger partial charge in [0.05, 0.1) is 13.2 Å². The fraction of sp³-hybridized carbons (Fsp3) is 0.917. The van der Waals surface area contributed by atoms with E-state index >= 15 is 0 Å². The third kappa shape index (κ3) is 3.83. The first-order valence-electron chi connectivity index (χ1n) is 6.64.